The molecule has 88 valence electrons. The third-order valence-corrected chi connectivity index (χ3v) is 2.07. The Morgan fingerprint density at radius 3 is 2.75 bits per heavy atom. The summed E-state index contributed by atoms with van der Waals surface area (Å²) >= 11 is 0. The number of hydrogen-bond donors (Lipinski definition) is 1. The second-order valence-corrected chi connectivity index (χ2v) is 3.53. The largest absolute Gasteiger partial charge is 0.494 e. The summed E-state index contributed by atoms with van der Waals surface area (Å²) in [5, 5.41) is 8.56. The predicted octanol–water partition coefficient (Wildman–Crippen LogP) is 1.35. The van der Waals surface area contributed by atoms with Gasteiger partial charge in [0.05, 0.1) is 13.7 Å². The molecule has 0 saturated carbocycles. The molecular weight excluding hydrogens is 213 g/mol. The number of likely N-dealkylation sites (N-methyl/N-ethyl adjacent to an activating group) is 1. The molecule has 0 spiro atoms. The maximum atomic E-state index is 13.3. The third kappa shape index (κ3) is 3.51. The van der Waals surface area contributed by atoms with Crippen molar-refractivity contribution in [3.8, 4) is 5.75 Å². The predicted molar refractivity (Wildman–Crippen MR) is 56.9 cm³/mol. The lowest BCUT2D eigenvalue weighted by molar-refractivity contribution is -0.138. The Bertz CT molecular complexity index is 381. The fourth-order valence-electron chi connectivity index (χ4n) is 1.41. The molecule has 16 heavy (non-hydrogen) atoms. The van der Waals surface area contributed by atoms with Crippen LogP contribution in [-0.4, -0.2) is 36.7 Å². The number of benzene rings is 1. The van der Waals surface area contributed by atoms with Crippen molar-refractivity contribution in [1.29, 1.82) is 0 Å². The third-order valence-electron chi connectivity index (χ3n) is 2.07. The van der Waals surface area contributed by atoms with Crippen LogP contribution in [0.15, 0.2) is 18.2 Å². The molecule has 0 bridgehead atoms. The van der Waals surface area contributed by atoms with Gasteiger partial charge in [0.2, 0.25) is 0 Å². The normalized spacial score (nSPS) is 10.5. The number of methoxy groups -OCH3 is 1. The van der Waals surface area contributed by atoms with Gasteiger partial charge in [0.15, 0.2) is 11.6 Å². The minimum atomic E-state index is -0.906. The van der Waals surface area contributed by atoms with Crippen LogP contribution in [0.25, 0.3) is 0 Å². The smallest absolute Gasteiger partial charge is 0.317 e. The van der Waals surface area contributed by atoms with Gasteiger partial charge in [-0.15, -0.1) is 0 Å². The van der Waals surface area contributed by atoms with Crippen LogP contribution in [0.3, 0.4) is 0 Å². The van der Waals surface area contributed by atoms with Crippen molar-refractivity contribution in [2.24, 2.45) is 0 Å². The molecule has 0 aliphatic rings. The molecule has 5 heteroatoms. The molecular formula is C11H14FNO3. The zero-order valence-electron chi connectivity index (χ0n) is 9.24. The quantitative estimate of drug-likeness (QED) is 0.825. The van der Waals surface area contributed by atoms with Crippen LogP contribution < -0.4 is 4.74 Å². The van der Waals surface area contributed by atoms with Crippen LogP contribution in [0.5, 0.6) is 5.75 Å². The van der Waals surface area contributed by atoms with E-state index >= 15 is 0 Å². The van der Waals surface area contributed by atoms with E-state index in [1.165, 1.54) is 19.2 Å². The maximum Gasteiger partial charge on any atom is 0.317 e. The van der Waals surface area contributed by atoms with Gasteiger partial charge < -0.3 is 9.84 Å². The van der Waals surface area contributed by atoms with E-state index in [4.69, 9.17) is 9.84 Å². The molecule has 1 aromatic carbocycles. The first kappa shape index (κ1) is 12.4. The second-order valence-electron chi connectivity index (χ2n) is 3.53. The first-order chi connectivity index (χ1) is 7.52. The van der Waals surface area contributed by atoms with E-state index in [0.717, 1.165) is 0 Å². The van der Waals surface area contributed by atoms with E-state index in [-0.39, 0.29) is 12.3 Å². The zero-order valence-corrected chi connectivity index (χ0v) is 9.24. The van der Waals surface area contributed by atoms with Crippen molar-refractivity contribution in [3.63, 3.8) is 0 Å². The Labute approximate surface area is 93.3 Å². The molecule has 0 aliphatic heterocycles. The Morgan fingerprint density at radius 1 is 1.56 bits per heavy atom. The number of nitrogens with zero attached hydrogens (tertiary/aromatic N) is 1. The molecule has 0 aromatic heterocycles. The summed E-state index contributed by atoms with van der Waals surface area (Å²) < 4.78 is 18.1. The number of aliphatic carboxylic acids is 1. The molecule has 0 fully saturated rings. The Kier molecular flexibility index (Phi) is 4.25. The summed E-state index contributed by atoms with van der Waals surface area (Å²) in [4.78, 5) is 12.0. The van der Waals surface area contributed by atoms with E-state index in [1.807, 2.05) is 0 Å². The summed E-state index contributed by atoms with van der Waals surface area (Å²) in [6, 6.07) is 4.58. The Balaban J connectivity index is 2.67. The van der Waals surface area contributed by atoms with Crippen LogP contribution in [0.4, 0.5) is 4.39 Å². The van der Waals surface area contributed by atoms with Crippen LogP contribution in [0.2, 0.25) is 0 Å². The van der Waals surface area contributed by atoms with Gasteiger partial charge in [-0.25, -0.2) is 4.39 Å². The highest BCUT2D eigenvalue weighted by atomic mass is 19.1. The molecule has 0 atom stereocenters. The number of ether oxygens (including phenoxy) is 1. The van der Waals surface area contributed by atoms with Gasteiger partial charge in [-0.05, 0) is 24.7 Å². The fourth-order valence-corrected chi connectivity index (χ4v) is 1.41. The molecule has 1 aromatic rings. The SMILES string of the molecule is COc1ccc(CN(C)CC(=O)O)cc1F. The molecule has 0 heterocycles. The van der Waals surface area contributed by atoms with Crippen molar-refractivity contribution >= 4 is 5.97 Å². The number of carbonyl (C=O) groups is 1. The van der Waals surface area contributed by atoms with Gasteiger partial charge in [0, 0.05) is 6.54 Å². The first-order valence-electron chi connectivity index (χ1n) is 4.75. The highest BCUT2D eigenvalue weighted by Crippen LogP contribution is 2.18. The summed E-state index contributed by atoms with van der Waals surface area (Å²) in [6.45, 7) is 0.306. The van der Waals surface area contributed by atoms with Gasteiger partial charge >= 0.3 is 5.97 Å². The molecule has 0 saturated heterocycles. The van der Waals surface area contributed by atoms with Gasteiger partial charge in [0.1, 0.15) is 0 Å². The van der Waals surface area contributed by atoms with Crippen molar-refractivity contribution < 1.29 is 19.0 Å². The lowest BCUT2D eigenvalue weighted by atomic mass is 10.2. The van der Waals surface area contributed by atoms with Crippen molar-refractivity contribution in [2.45, 2.75) is 6.54 Å². The van der Waals surface area contributed by atoms with E-state index in [9.17, 15) is 9.18 Å². The highest BCUT2D eigenvalue weighted by molar-refractivity contribution is 5.69. The van der Waals surface area contributed by atoms with E-state index in [2.05, 4.69) is 0 Å². The number of hydrogen-bond acceptors (Lipinski definition) is 3. The average Bonchev–Trinajstić information content (AvgIpc) is 2.16. The van der Waals surface area contributed by atoms with Crippen LogP contribution >= 0.6 is 0 Å². The lowest BCUT2D eigenvalue weighted by Crippen LogP contribution is -2.25. The summed E-state index contributed by atoms with van der Waals surface area (Å²) in [5.41, 5.74) is 0.710. The monoisotopic (exact) mass is 227 g/mol. The number of rotatable bonds is 5. The second kappa shape index (κ2) is 5.46. The van der Waals surface area contributed by atoms with Gasteiger partial charge in [-0.3, -0.25) is 9.69 Å². The lowest BCUT2D eigenvalue weighted by Gasteiger charge is -2.14. The summed E-state index contributed by atoms with van der Waals surface area (Å²) in [6.07, 6.45) is 0. The minimum absolute atomic E-state index is 0.0757. The van der Waals surface area contributed by atoms with E-state index in [0.29, 0.717) is 12.1 Å². The van der Waals surface area contributed by atoms with Crippen molar-refractivity contribution in [2.75, 3.05) is 20.7 Å². The number of carboxylic acid groups (broad SMARTS) is 1. The molecule has 0 amide bonds. The van der Waals surface area contributed by atoms with Crippen molar-refractivity contribution in [3.05, 3.63) is 29.6 Å². The number of halogens is 1. The molecule has 0 radical (unpaired) electrons. The fraction of sp³-hybridized carbons (Fsp3) is 0.364. The number of carboxylic acids is 1. The standard InChI is InChI=1S/C11H14FNO3/c1-13(7-11(14)15)6-8-3-4-10(16-2)9(12)5-8/h3-5H,6-7H2,1-2H3,(H,14,15). The molecule has 4 nitrogen and oxygen atoms in total. The maximum absolute atomic E-state index is 13.3. The van der Waals surface area contributed by atoms with Gasteiger partial charge in [-0.2, -0.15) is 0 Å². The van der Waals surface area contributed by atoms with E-state index in [1.54, 1.807) is 18.0 Å². The van der Waals surface area contributed by atoms with E-state index < -0.39 is 11.8 Å². The topological polar surface area (TPSA) is 49.8 Å². The van der Waals surface area contributed by atoms with Gasteiger partial charge in [-0.1, -0.05) is 6.07 Å². The Morgan fingerprint density at radius 2 is 2.25 bits per heavy atom. The summed E-state index contributed by atoms with van der Waals surface area (Å²) in [7, 11) is 3.06. The summed E-state index contributed by atoms with van der Waals surface area (Å²) in [5.74, 6) is -1.16. The zero-order chi connectivity index (χ0) is 12.1. The average molecular weight is 227 g/mol. The first-order valence-corrected chi connectivity index (χ1v) is 4.75. The highest BCUT2D eigenvalue weighted by Gasteiger charge is 2.07. The van der Waals surface area contributed by atoms with Gasteiger partial charge in [0.25, 0.3) is 0 Å². The molecule has 0 aliphatic carbocycles. The minimum Gasteiger partial charge on any atom is -0.494 e. The van der Waals surface area contributed by atoms with Crippen LogP contribution in [0, 0.1) is 5.82 Å². The molecule has 1 rings (SSSR count). The van der Waals surface area contributed by atoms with Crippen LogP contribution in [0.1, 0.15) is 5.56 Å². The van der Waals surface area contributed by atoms with Crippen molar-refractivity contribution in [1.82, 2.24) is 4.90 Å². The Hall–Kier alpha value is -1.62. The van der Waals surface area contributed by atoms with Crippen LogP contribution in [-0.2, 0) is 11.3 Å². The molecule has 0 unspecified atom stereocenters. The molecule has 1 N–H and O–H groups in total.